The van der Waals surface area contributed by atoms with Crippen LogP contribution in [-0.4, -0.2) is 15.0 Å². The van der Waals surface area contributed by atoms with Gasteiger partial charge in [0.2, 0.25) is 0 Å². The topological polar surface area (TPSA) is 51.8 Å². The summed E-state index contributed by atoms with van der Waals surface area (Å²) in [6.07, 6.45) is 0. The summed E-state index contributed by atoms with van der Waals surface area (Å²) in [5, 5.41) is 9.23. The molecular weight excluding hydrogens is 727 g/mol. The third kappa shape index (κ3) is 5.18. The Bertz CT molecular complexity index is 3570. The van der Waals surface area contributed by atoms with Crippen molar-refractivity contribution in [2.24, 2.45) is 0 Å². The van der Waals surface area contributed by atoms with Crippen molar-refractivity contribution in [2.45, 2.75) is 0 Å². The first kappa shape index (κ1) is 32.7. The van der Waals surface area contributed by atoms with Gasteiger partial charge in [-0.3, -0.25) is 0 Å². The minimum atomic E-state index is 0.608. The largest absolute Gasteiger partial charge is 0.456 e. The van der Waals surface area contributed by atoms with Crippen molar-refractivity contribution in [3.63, 3.8) is 0 Å². The van der Waals surface area contributed by atoms with Crippen molar-refractivity contribution in [2.75, 3.05) is 0 Å². The molecule has 0 saturated carbocycles. The van der Waals surface area contributed by atoms with E-state index in [2.05, 4.69) is 170 Å². The van der Waals surface area contributed by atoms with E-state index in [1.54, 1.807) is 11.3 Å². The van der Waals surface area contributed by atoms with Crippen LogP contribution in [0.1, 0.15) is 0 Å². The summed E-state index contributed by atoms with van der Waals surface area (Å²) in [4.78, 5) is 15.7. The van der Waals surface area contributed by atoms with Crippen LogP contribution < -0.4 is 0 Å². The van der Waals surface area contributed by atoms with Crippen LogP contribution in [-0.2, 0) is 0 Å². The number of thiophene rings is 1. The molecule has 12 aromatic rings. The SMILES string of the molecule is c1ccc(-c2nc(-c3ccc4oc5cc(-c6cccc7ccccc67)c6ccccc6c5c4c3)nc(-c3cccc4sc5cccc(-c6ccccc6)c5c34)n2)cc1. The predicted octanol–water partition coefficient (Wildman–Crippen LogP) is 14.8. The van der Waals surface area contributed by atoms with Crippen LogP contribution in [0.15, 0.2) is 192 Å². The number of rotatable bonds is 5. The lowest BCUT2D eigenvalue weighted by molar-refractivity contribution is 0.669. The molecule has 5 heteroatoms. The zero-order valence-corrected chi connectivity index (χ0v) is 31.9. The molecule has 58 heavy (non-hydrogen) atoms. The Kier molecular flexibility index (Phi) is 7.37. The van der Waals surface area contributed by atoms with Gasteiger partial charge in [0.15, 0.2) is 17.5 Å². The number of furan rings is 1. The van der Waals surface area contributed by atoms with E-state index in [0.29, 0.717) is 17.5 Å². The average Bonchev–Trinajstić information content (AvgIpc) is 3.87. The Balaban J connectivity index is 1.09. The Morgan fingerprint density at radius 2 is 0.914 bits per heavy atom. The molecular formula is C53H31N3OS. The number of nitrogens with zero attached hydrogens (tertiary/aromatic N) is 3. The summed E-state index contributed by atoms with van der Waals surface area (Å²) in [7, 11) is 0. The molecule has 0 aliphatic heterocycles. The van der Waals surface area contributed by atoms with E-state index in [9.17, 15) is 0 Å². The van der Waals surface area contributed by atoms with Crippen molar-refractivity contribution >= 4 is 75.0 Å². The van der Waals surface area contributed by atoms with Crippen LogP contribution in [0.5, 0.6) is 0 Å². The quantitative estimate of drug-likeness (QED) is 0.175. The summed E-state index contributed by atoms with van der Waals surface area (Å²) in [5.74, 6) is 1.87. The first-order valence-electron chi connectivity index (χ1n) is 19.4. The van der Waals surface area contributed by atoms with Crippen LogP contribution in [0, 0.1) is 0 Å². The van der Waals surface area contributed by atoms with E-state index < -0.39 is 0 Å². The van der Waals surface area contributed by atoms with E-state index >= 15 is 0 Å². The summed E-state index contributed by atoms with van der Waals surface area (Å²) in [5.41, 5.74) is 9.19. The molecule has 0 amide bonds. The minimum Gasteiger partial charge on any atom is -0.456 e. The number of hydrogen-bond acceptors (Lipinski definition) is 5. The summed E-state index contributed by atoms with van der Waals surface area (Å²) < 4.78 is 9.11. The van der Waals surface area contributed by atoms with E-state index in [1.807, 2.05) is 18.2 Å². The Hall–Kier alpha value is -7.47. The van der Waals surface area contributed by atoms with Crippen molar-refractivity contribution in [3.05, 3.63) is 188 Å². The van der Waals surface area contributed by atoms with E-state index in [-0.39, 0.29) is 0 Å². The van der Waals surface area contributed by atoms with Gasteiger partial charge in [0.1, 0.15) is 11.2 Å². The molecule has 270 valence electrons. The van der Waals surface area contributed by atoms with Gasteiger partial charge in [-0.05, 0) is 80.2 Å². The molecule has 0 spiro atoms. The maximum absolute atomic E-state index is 6.69. The molecule has 9 aromatic carbocycles. The zero-order chi connectivity index (χ0) is 38.2. The monoisotopic (exact) mass is 757 g/mol. The molecule has 3 aromatic heterocycles. The first-order chi connectivity index (χ1) is 28.7. The summed E-state index contributed by atoms with van der Waals surface area (Å²) >= 11 is 1.80. The molecule has 0 atom stereocenters. The van der Waals surface area contributed by atoms with Gasteiger partial charge in [-0.25, -0.2) is 15.0 Å². The van der Waals surface area contributed by atoms with Crippen molar-refractivity contribution < 1.29 is 4.42 Å². The molecule has 12 rings (SSSR count). The lowest BCUT2D eigenvalue weighted by Crippen LogP contribution is -2.00. The first-order valence-corrected chi connectivity index (χ1v) is 20.2. The number of fused-ring (bicyclic) bond motifs is 9. The molecule has 0 bridgehead atoms. The van der Waals surface area contributed by atoms with Crippen LogP contribution in [0.25, 0.3) is 120 Å². The fraction of sp³-hybridized carbons (Fsp3) is 0. The fourth-order valence-electron chi connectivity index (χ4n) is 8.72. The Morgan fingerprint density at radius 3 is 1.71 bits per heavy atom. The van der Waals surface area contributed by atoms with Crippen LogP contribution in [0.2, 0.25) is 0 Å². The molecule has 0 aliphatic rings. The second-order valence-corrected chi connectivity index (χ2v) is 15.8. The van der Waals surface area contributed by atoms with Gasteiger partial charge in [0.25, 0.3) is 0 Å². The zero-order valence-electron chi connectivity index (χ0n) is 31.1. The smallest absolute Gasteiger partial charge is 0.164 e. The van der Waals surface area contributed by atoms with Gasteiger partial charge in [-0.2, -0.15) is 0 Å². The molecule has 0 N–H and O–H groups in total. The molecule has 0 radical (unpaired) electrons. The van der Waals surface area contributed by atoms with Gasteiger partial charge >= 0.3 is 0 Å². The third-order valence-electron chi connectivity index (χ3n) is 11.3. The molecule has 0 unspecified atom stereocenters. The van der Waals surface area contributed by atoms with E-state index in [4.69, 9.17) is 19.4 Å². The predicted molar refractivity (Wildman–Crippen MR) is 242 cm³/mol. The molecule has 4 nitrogen and oxygen atoms in total. The maximum atomic E-state index is 6.69. The maximum Gasteiger partial charge on any atom is 0.164 e. The van der Waals surface area contributed by atoms with E-state index in [1.165, 1.54) is 47.6 Å². The molecule has 0 saturated heterocycles. The number of aromatic nitrogens is 3. The summed E-state index contributed by atoms with van der Waals surface area (Å²) in [6, 6.07) is 66.1. The standard InChI is InChI=1S/C53H31N3OS/c1-3-14-33(15-4-1)37-23-12-26-46-49(37)50-41(25-13-27-47(50)58-46)53-55-51(34-17-5-2-6-18-34)54-52(56-53)35-28-29-44-43(30-35)48-40-22-10-9-21-39(40)42(31-45(48)57-44)38-24-11-19-32-16-7-8-20-36(32)38/h1-31H. The Labute approximate surface area is 337 Å². The van der Waals surface area contributed by atoms with Crippen molar-refractivity contribution in [3.8, 4) is 56.4 Å². The second-order valence-electron chi connectivity index (χ2n) is 14.7. The Morgan fingerprint density at radius 1 is 0.328 bits per heavy atom. The minimum absolute atomic E-state index is 0.608. The lowest BCUT2D eigenvalue weighted by atomic mass is 9.92. The molecule has 0 aliphatic carbocycles. The average molecular weight is 758 g/mol. The highest BCUT2D eigenvalue weighted by molar-refractivity contribution is 7.26. The molecule has 3 heterocycles. The highest BCUT2D eigenvalue weighted by Crippen LogP contribution is 2.45. The summed E-state index contributed by atoms with van der Waals surface area (Å²) in [6.45, 7) is 0. The van der Waals surface area contributed by atoms with Crippen LogP contribution in [0.3, 0.4) is 0 Å². The fourth-order valence-corrected chi connectivity index (χ4v) is 9.87. The van der Waals surface area contributed by atoms with Gasteiger partial charge in [0, 0.05) is 47.6 Å². The van der Waals surface area contributed by atoms with Gasteiger partial charge in [-0.1, -0.05) is 152 Å². The number of benzene rings is 9. The lowest BCUT2D eigenvalue weighted by Gasteiger charge is -2.11. The van der Waals surface area contributed by atoms with Crippen molar-refractivity contribution in [1.82, 2.24) is 15.0 Å². The second kappa shape index (κ2) is 13.1. The number of hydrogen-bond donors (Lipinski definition) is 0. The van der Waals surface area contributed by atoms with Gasteiger partial charge < -0.3 is 4.42 Å². The van der Waals surface area contributed by atoms with Crippen LogP contribution in [0.4, 0.5) is 0 Å². The van der Waals surface area contributed by atoms with Gasteiger partial charge in [-0.15, -0.1) is 11.3 Å². The van der Waals surface area contributed by atoms with Crippen molar-refractivity contribution in [1.29, 1.82) is 0 Å². The normalized spacial score (nSPS) is 11.8. The van der Waals surface area contributed by atoms with Crippen LogP contribution >= 0.6 is 11.3 Å². The highest BCUT2D eigenvalue weighted by atomic mass is 32.1. The highest BCUT2D eigenvalue weighted by Gasteiger charge is 2.21. The van der Waals surface area contributed by atoms with Gasteiger partial charge in [0.05, 0.1) is 0 Å². The molecule has 0 fully saturated rings. The third-order valence-corrected chi connectivity index (χ3v) is 12.5. The van der Waals surface area contributed by atoms with E-state index in [0.717, 1.165) is 55.0 Å².